The summed E-state index contributed by atoms with van der Waals surface area (Å²) >= 11 is 1.69. The predicted molar refractivity (Wildman–Crippen MR) is 84.4 cm³/mol. The van der Waals surface area contributed by atoms with Crippen LogP contribution in [0.2, 0.25) is 0 Å². The lowest BCUT2D eigenvalue weighted by atomic mass is 10.0. The maximum atomic E-state index is 5.61. The molecule has 1 saturated heterocycles. The minimum Gasteiger partial charge on any atom is -0.378 e. The zero-order chi connectivity index (χ0) is 14.5. The maximum Gasteiger partial charge on any atom is 0.107 e. The molecule has 1 aromatic carbocycles. The number of thiazole rings is 1. The first-order valence-electron chi connectivity index (χ1n) is 7.15. The number of hydrogen-bond acceptors (Lipinski definition) is 5. The summed E-state index contributed by atoms with van der Waals surface area (Å²) in [5.41, 5.74) is 2.04. The topological polar surface area (TPSA) is 43.4 Å². The smallest absolute Gasteiger partial charge is 0.107 e. The molecule has 0 aliphatic carbocycles. The number of hydrogen-bond donors (Lipinski definition) is 1. The molecule has 1 fully saturated rings. The van der Waals surface area contributed by atoms with E-state index in [1.165, 1.54) is 0 Å². The predicted octanol–water partition coefficient (Wildman–Crippen LogP) is 2.71. The van der Waals surface area contributed by atoms with E-state index in [4.69, 9.17) is 9.47 Å². The molecule has 1 N–H and O–H groups in total. The highest BCUT2D eigenvalue weighted by atomic mass is 32.1. The Labute approximate surface area is 129 Å². The van der Waals surface area contributed by atoms with Crippen LogP contribution in [0, 0.1) is 0 Å². The van der Waals surface area contributed by atoms with Crippen LogP contribution < -0.4 is 5.32 Å². The van der Waals surface area contributed by atoms with E-state index in [2.05, 4.69) is 27.8 Å². The van der Waals surface area contributed by atoms with Gasteiger partial charge in [0, 0.05) is 44.2 Å². The summed E-state index contributed by atoms with van der Waals surface area (Å²) in [7, 11) is 1.76. The summed E-state index contributed by atoms with van der Waals surface area (Å²) < 4.78 is 11.0. The van der Waals surface area contributed by atoms with Crippen LogP contribution in [-0.2, 0) is 16.0 Å². The number of nitrogens with zero attached hydrogens (tertiary/aromatic N) is 1. The Morgan fingerprint density at radius 3 is 2.95 bits per heavy atom. The van der Waals surface area contributed by atoms with Crippen molar-refractivity contribution in [2.75, 3.05) is 26.9 Å². The molecule has 1 atom stereocenters. The monoisotopic (exact) mass is 304 g/mol. The third kappa shape index (κ3) is 3.49. The number of nitrogens with one attached hydrogen (secondary N) is 1. The van der Waals surface area contributed by atoms with Crippen molar-refractivity contribution in [2.45, 2.75) is 18.6 Å². The van der Waals surface area contributed by atoms with Crippen molar-refractivity contribution in [2.24, 2.45) is 0 Å². The molecule has 0 radical (unpaired) electrons. The van der Waals surface area contributed by atoms with E-state index in [-0.39, 0.29) is 5.60 Å². The lowest BCUT2D eigenvalue weighted by Gasteiger charge is -2.25. The van der Waals surface area contributed by atoms with Gasteiger partial charge in [0.15, 0.2) is 0 Å². The standard InChI is InChI=1S/C16H20N2O2S/c1-19-16(7-8-20-12-16)11-17-9-15-18-14(10-21-15)13-5-3-2-4-6-13/h2-6,10,17H,7-9,11-12H2,1H3. The SMILES string of the molecule is COC1(CNCc2nc(-c3ccccc3)cs2)CCOC1. The normalized spacial score (nSPS) is 21.8. The zero-order valence-electron chi connectivity index (χ0n) is 12.2. The van der Waals surface area contributed by atoms with Crippen molar-refractivity contribution < 1.29 is 9.47 Å². The fraction of sp³-hybridized carbons (Fsp3) is 0.438. The fourth-order valence-electron chi connectivity index (χ4n) is 2.49. The van der Waals surface area contributed by atoms with Gasteiger partial charge in [-0.1, -0.05) is 30.3 Å². The van der Waals surface area contributed by atoms with Gasteiger partial charge in [0.2, 0.25) is 0 Å². The zero-order valence-corrected chi connectivity index (χ0v) is 13.0. The lowest BCUT2D eigenvalue weighted by Crippen LogP contribution is -2.42. The van der Waals surface area contributed by atoms with Crippen LogP contribution >= 0.6 is 11.3 Å². The number of aromatic nitrogens is 1. The molecule has 0 spiro atoms. The summed E-state index contributed by atoms with van der Waals surface area (Å²) in [5.74, 6) is 0. The molecule has 0 amide bonds. The molecule has 1 aromatic heterocycles. The number of methoxy groups -OCH3 is 1. The Bertz CT molecular complexity index is 565. The van der Waals surface area contributed by atoms with E-state index in [0.29, 0.717) is 6.61 Å². The first-order valence-corrected chi connectivity index (χ1v) is 8.03. The largest absolute Gasteiger partial charge is 0.378 e. The number of ether oxygens (including phenoxy) is 2. The van der Waals surface area contributed by atoms with Gasteiger partial charge in [-0.25, -0.2) is 4.98 Å². The molecule has 5 heteroatoms. The van der Waals surface area contributed by atoms with Gasteiger partial charge in [-0.2, -0.15) is 0 Å². The van der Waals surface area contributed by atoms with E-state index >= 15 is 0 Å². The van der Waals surface area contributed by atoms with Crippen LogP contribution in [0.5, 0.6) is 0 Å². The Kier molecular flexibility index (Phi) is 4.65. The van der Waals surface area contributed by atoms with Gasteiger partial charge >= 0.3 is 0 Å². The summed E-state index contributed by atoms with van der Waals surface area (Å²) in [6.45, 7) is 3.01. The second-order valence-corrected chi connectivity index (χ2v) is 6.23. The summed E-state index contributed by atoms with van der Waals surface area (Å²) in [6, 6.07) is 10.3. The van der Waals surface area contributed by atoms with Gasteiger partial charge in [-0.3, -0.25) is 0 Å². The third-order valence-corrected chi connectivity index (χ3v) is 4.69. The molecule has 1 aliphatic rings. The molecule has 0 bridgehead atoms. The Balaban J connectivity index is 1.56. The van der Waals surface area contributed by atoms with Crippen molar-refractivity contribution in [1.82, 2.24) is 10.3 Å². The first kappa shape index (κ1) is 14.7. The van der Waals surface area contributed by atoms with E-state index in [9.17, 15) is 0 Å². The van der Waals surface area contributed by atoms with Crippen molar-refractivity contribution in [3.8, 4) is 11.3 Å². The highest BCUT2D eigenvalue weighted by Crippen LogP contribution is 2.23. The van der Waals surface area contributed by atoms with Gasteiger partial charge < -0.3 is 14.8 Å². The average molecular weight is 304 g/mol. The van der Waals surface area contributed by atoms with E-state index in [0.717, 1.165) is 42.4 Å². The highest BCUT2D eigenvalue weighted by Gasteiger charge is 2.34. The summed E-state index contributed by atoms with van der Waals surface area (Å²) in [4.78, 5) is 4.68. The van der Waals surface area contributed by atoms with Crippen LogP contribution in [0.4, 0.5) is 0 Å². The van der Waals surface area contributed by atoms with Crippen LogP contribution in [0.25, 0.3) is 11.3 Å². The van der Waals surface area contributed by atoms with Gasteiger partial charge in [0.05, 0.1) is 12.3 Å². The molecular weight excluding hydrogens is 284 g/mol. The lowest BCUT2D eigenvalue weighted by molar-refractivity contribution is -0.0159. The molecule has 4 nitrogen and oxygen atoms in total. The average Bonchev–Trinajstić information content (AvgIpc) is 3.18. The Hall–Kier alpha value is -1.27. The third-order valence-electron chi connectivity index (χ3n) is 3.84. The van der Waals surface area contributed by atoms with Gasteiger partial charge in [-0.05, 0) is 0 Å². The van der Waals surface area contributed by atoms with Gasteiger partial charge in [-0.15, -0.1) is 11.3 Å². The van der Waals surface area contributed by atoms with Crippen LogP contribution in [0.1, 0.15) is 11.4 Å². The van der Waals surface area contributed by atoms with E-state index in [1.807, 2.05) is 18.2 Å². The minimum absolute atomic E-state index is 0.167. The number of rotatable bonds is 6. The van der Waals surface area contributed by atoms with Crippen molar-refractivity contribution in [3.05, 3.63) is 40.7 Å². The Morgan fingerprint density at radius 2 is 2.24 bits per heavy atom. The molecule has 21 heavy (non-hydrogen) atoms. The maximum absolute atomic E-state index is 5.61. The van der Waals surface area contributed by atoms with Crippen LogP contribution in [-0.4, -0.2) is 37.5 Å². The Morgan fingerprint density at radius 1 is 1.38 bits per heavy atom. The van der Waals surface area contributed by atoms with Crippen molar-refractivity contribution in [1.29, 1.82) is 0 Å². The van der Waals surface area contributed by atoms with Gasteiger partial charge in [0.25, 0.3) is 0 Å². The molecule has 0 saturated carbocycles. The quantitative estimate of drug-likeness (QED) is 0.891. The first-order chi connectivity index (χ1) is 10.3. The second-order valence-electron chi connectivity index (χ2n) is 5.29. The summed E-state index contributed by atoms with van der Waals surface area (Å²) in [5, 5.41) is 6.65. The van der Waals surface area contributed by atoms with Crippen LogP contribution in [0.3, 0.4) is 0 Å². The molecule has 3 rings (SSSR count). The van der Waals surface area contributed by atoms with E-state index < -0.39 is 0 Å². The molecule has 1 aliphatic heterocycles. The van der Waals surface area contributed by atoms with Crippen molar-refractivity contribution in [3.63, 3.8) is 0 Å². The van der Waals surface area contributed by atoms with Crippen molar-refractivity contribution >= 4 is 11.3 Å². The van der Waals surface area contributed by atoms with Gasteiger partial charge in [0.1, 0.15) is 10.6 Å². The molecule has 2 heterocycles. The molecule has 1 unspecified atom stereocenters. The molecule has 112 valence electrons. The minimum atomic E-state index is -0.167. The highest BCUT2D eigenvalue weighted by molar-refractivity contribution is 7.09. The molecule has 2 aromatic rings. The number of benzene rings is 1. The fourth-order valence-corrected chi connectivity index (χ4v) is 3.26. The molecular formula is C16H20N2O2S. The summed E-state index contributed by atoms with van der Waals surface area (Å²) in [6.07, 6.45) is 0.948. The second kappa shape index (κ2) is 6.66. The van der Waals surface area contributed by atoms with E-state index in [1.54, 1.807) is 18.4 Å². The van der Waals surface area contributed by atoms with Crippen LogP contribution in [0.15, 0.2) is 35.7 Å².